The number of methoxy groups -OCH3 is 3. The van der Waals surface area contributed by atoms with Gasteiger partial charge in [0, 0.05) is 18.2 Å². The first kappa shape index (κ1) is 24.2. The smallest absolute Gasteiger partial charge is 0.337 e. The van der Waals surface area contributed by atoms with Crippen LogP contribution in [0.2, 0.25) is 0 Å². The van der Waals surface area contributed by atoms with E-state index in [0.717, 1.165) is 5.56 Å². The molecule has 0 aliphatic heterocycles. The summed E-state index contributed by atoms with van der Waals surface area (Å²) >= 11 is 0. The van der Waals surface area contributed by atoms with Crippen molar-refractivity contribution in [2.24, 2.45) is 0 Å². The van der Waals surface area contributed by atoms with Crippen LogP contribution in [0.1, 0.15) is 21.5 Å². The number of amides is 1. The predicted octanol–water partition coefficient (Wildman–Crippen LogP) is 4.64. The lowest BCUT2D eigenvalue weighted by atomic mass is 10.1. The molecule has 8 heteroatoms. The molecule has 0 atom stereocenters. The Balaban J connectivity index is 1.76. The number of carbonyl (C=O) groups excluding carboxylic acids is 1. The van der Waals surface area contributed by atoms with Crippen LogP contribution in [0, 0.1) is 0 Å². The molecule has 0 aliphatic rings. The van der Waals surface area contributed by atoms with Gasteiger partial charge in [-0.05, 0) is 29.3 Å². The fourth-order valence-electron chi connectivity index (χ4n) is 3.15. The Labute approximate surface area is 197 Å². The van der Waals surface area contributed by atoms with Crippen LogP contribution in [-0.4, -0.2) is 38.3 Å². The van der Waals surface area contributed by atoms with Crippen molar-refractivity contribution in [3.05, 3.63) is 83.4 Å². The van der Waals surface area contributed by atoms with Crippen LogP contribution in [0.3, 0.4) is 0 Å². The van der Waals surface area contributed by atoms with Gasteiger partial charge in [0.2, 0.25) is 5.91 Å². The van der Waals surface area contributed by atoms with Gasteiger partial charge in [-0.2, -0.15) is 0 Å². The topological polar surface area (TPSA) is 103 Å². The molecule has 0 aromatic heterocycles. The van der Waals surface area contributed by atoms with E-state index in [1.165, 1.54) is 32.4 Å². The average molecular weight is 463 g/mol. The maximum Gasteiger partial charge on any atom is 0.337 e. The van der Waals surface area contributed by atoms with E-state index >= 15 is 0 Å². The van der Waals surface area contributed by atoms with Gasteiger partial charge in [-0.25, -0.2) is 4.79 Å². The summed E-state index contributed by atoms with van der Waals surface area (Å²) in [7, 11) is 4.37. The molecule has 34 heavy (non-hydrogen) atoms. The van der Waals surface area contributed by atoms with Crippen molar-refractivity contribution in [2.45, 2.75) is 6.61 Å². The minimum absolute atomic E-state index is 0.0846. The average Bonchev–Trinajstić information content (AvgIpc) is 2.86. The van der Waals surface area contributed by atoms with Crippen LogP contribution in [-0.2, 0) is 11.4 Å². The van der Waals surface area contributed by atoms with E-state index in [0.29, 0.717) is 29.4 Å². The number of carboxylic acids is 1. The number of ether oxygens (including phenoxy) is 4. The first-order valence-corrected chi connectivity index (χ1v) is 10.3. The predicted molar refractivity (Wildman–Crippen MR) is 128 cm³/mol. The molecule has 0 saturated carbocycles. The molecule has 3 aromatic carbocycles. The Hall–Kier alpha value is -4.46. The number of carboxylic acid groups (broad SMARTS) is 1. The normalized spacial score (nSPS) is 10.6. The third-order valence-corrected chi connectivity index (χ3v) is 4.86. The monoisotopic (exact) mass is 463 g/mol. The summed E-state index contributed by atoms with van der Waals surface area (Å²) in [5, 5.41) is 12.1. The van der Waals surface area contributed by atoms with Crippen LogP contribution in [0.15, 0.2) is 66.7 Å². The van der Waals surface area contributed by atoms with Crippen molar-refractivity contribution >= 4 is 23.6 Å². The summed E-state index contributed by atoms with van der Waals surface area (Å²) < 4.78 is 21.6. The van der Waals surface area contributed by atoms with Gasteiger partial charge >= 0.3 is 5.97 Å². The summed E-state index contributed by atoms with van der Waals surface area (Å²) in [6, 6.07) is 17.7. The van der Waals surface area contributed by atoms with Crippen LogP contribution in [0.4, 0.5) is 5.69 Å². The molecule has 0 bridgehead atoms. The molecule has 3 aromatic rings. The lowest BCUT2D eigenvalue weighted by Gasteiger charge is -2.13. The fraction of sp³-hybridized carbons (Fsp3) is 0.154. The molecule has 176 valence electrons. The highest BCUT2D eigenvalue weighted by Crippen LogP contribution is 2.33. The number of carbonyl (C=O) groups is 2. The second-order valence-corrected chi connectivity index (χ2v) is 7.07. The van der Waals surface area contributed by atoms with Crippen LogP contribution < -0.4 is 24.3 Å². The first-order valence-electron chi connectivity index (χ1n) is 10.3. The van der Waals surface area contributed by atoms with Crippen LogP contribution in [0.25, 0.3) is 6.08 Å². The van der Waals surface area contributed by atoms with Crippen molar-refractivity contribution in [2.75, 3.05) is 26.6 Å². The Morgan fingerprint density at radius 3 is 2.18 bits per heavy atom. The molecule has 8 nitrogen and oxygen atoms in total. The minimum atomic E-state index is -1.21. The highest BCUT2D eigenvalue weighted by Gasteiger charge is 2.17. The van der Waals surface area contributed by atoms with Crippen molar-refractivity contribution in [1.29, 1.82) is 0 Å². The second kappa shape index (κ2) is 11.4. The molecular weight excluding hydrogens is 438 g/mol. The standard InChI is InChI=1S/C26H25NO7/c1-31-21-11-9-17(13-24(21)34-16-18-7-5-4-6-8-18)10-12-25(28)27-20-15-23(33-3)22(32-2)14-19(20)26(29)30/h4-15H,16H2,1-3H3,(H,27,28)(H,29,30)/b12-10+. The SMILES string of the molecule is COc1cc(NC(=O)/C=C/c2ccc(OC)c(OCc3ccccc3)c2)c(C(=O)O)cc1OC. The van der Waals surface area contributed by atoms with Crippen LogP contribution >= 0.6 is 0 Å². The maximum atomic E-state index is 12.5. The zero-order valence-corrected chi connectivity index (χ0v) is 19.0. The lowest BCUT2D eigenvalue weighted by molar-refractivity contribution is -0.111. The van der Waals surface area contributed by atoms with E-state index in [1.54, 1.807) is 31.4 Å². The quantitative estimate of drug-likeness (QED) is 0.422. The van der Waals surface area contributed by atoms with E-state index in [1.807, 2.05) is 30.3 Å². The van der Waals surface area contributed by atoms with E-state index in [4.69, 9.17) is 18.9 Å². The number of anilines is 1. The lowest BCUT2D eigenvalue weighted by Crippen LogP contribution is -2.12. The van der Waals surface area contributed by atoms with E-state index in [9.17, 15) is 14.7 Å². The number of hydrogen-bond acceptors (Lipinski definition) is 6. The molecule has 3 rings (SSSR count). The molecule has 0 fully saturated rings. The zero-order chi connectivity index (χ0) is 24.5. The molecular formula is C26H25NO7. The van der Waals surface area contributed by atoms with Crippen molar-refractivity contribution in [1.82, 2.24) is 0 Å². The Bertz CT molecular complexity index is 1190. The van der Waals surface area contributed by atoms with Gasteiger partial charge in [-0.1, -0.05) is 36.4 Å². The third kappa shape index (κ3) is 6.07. The van der Waals surface area contributed by atoms with Gasteiger partial charge < -0.3 is 29.4 Å². The Morgan fingerprint density at radius 1 is 0.853 bits per heavy atom. The van der Waals surface area contributed by atoms with Crippen LogP contribution in [0.5, 0.6) is 23.0 Å². The molecule has 2 N–H and O–H groups in total. The molecule has 1 amide bonds. The fourth-order valence-corrected chi connectivity index (χ4v) is 3.15. The van der Waals surface area contributed by atoms with Gasteiger partial charge in [0.05, 0.1) is 32.6 Å². The van der Waals surface area contributed by atoms with Crippen molar-refractivity contribution in [3.63, 3.8) is 0 Å². The summed E-state index contributed by atoms with van der Waals surface area (Å²) in [5.74, 6) is -0.0966. The van der Waals surface area contributed by atoms with Crippen molar-refractivity contribution in [3.8, 4) is 23.0 Å². The second-order valence-electron chi connectivity index (χ2n) is 7.07. The van der Waals surface area contributed by atoms with E-state index < -0.39 is 11.9 Å². The highest BCUT2D eigenvalue weighted by atomic mass is 16.5. The third-order valence-electron chi connectivity index (χ3n) is 4.86. The largest absolute Gasteiger partial charge is 0.493 e. The molecule has 0 unspecified atom stereocenters. The summed E-state index contributed by atoms with van der Waals surface area (Å²) in [5.41, 5.74) is 1.67. The summed E-state index contributed by atoms with van der Waals surface area (Å²) in [6.07, 6.45) is 2.89. The number of aromatic carboxylic acids is 1. The number of nitrogens with one attached hydrogen (secondary N) is 1. The van der Waals surface area contributed by atoms with E-state index in [-0.39, 0.29) is 17.0 Å². The zero-order valence-electron chi connectivity index (χ0n) is 19.0. The first-order chi connectivity index (χ1) is 16.4. The van der Waals surface area contributed by atoms with Gasteiger partial charge in [0.1, 0.15) is 6.61 Å². The van der Waals surface area contributed by atoms with Gasteiger partial charge in [0.15, 0.2) is 23.0 Å². The number of hydrogen-bond donors (Lipinski definition) is 2. The maximum absolute atomic E-state index is 12.5. The minimum Gasteiger partial charge on any atom is -0.493 e. The molecule has 0 saturated heterocycles. The number of rotatable bonds is 10. The van der Waals surface area contributed by atoms with Crippen molar-refractivity contribution < 1.29 is 33.6 Å². The molecule has 0 aliphatic carbocycles. The highest BCUT2D eigenvalue weighted by molar-refractivity contribution is 6.06. The number of benzene rings is 3. The van der Waals surface area contributed by atoms with Gasteiger partial charge in [0.25, 0.3) is 0 Å². The molecule has 0 spiro atoms. The van der Waals surface area contributed by atoms with E-state index in [2.05, 4.69) is 5.32 Å². The Morgan fingerprint density at radius 2 is 1.53 bits per heavy atom. The van der Waals surface area contributed by atoms with Gasteiger partial charge in [-0.3, -0.25) is 4.79 Å². The molecule has 0 heterocycles. The summed E-state index contributed by atoms with van der Waals surface area (Å²) in [4.78, 5) is 24.1. The summed E-state index contributed by atoms with van der Waals surface area (Å²) in [6.45, 7) is 0.363. The molecule has 0 radical (unpaired) electrons. The van der Waals surface area contributed by atoms with Gasteiger partial charge in [-0.15, -0.1) is 0 Å². The Kier molecular flexibility index (Phi) is 8.12.